The molecule has 1 aromatic rings. The molecule has 1 aromatic carbocycles. The number of carbonyl (C=O) groups excluding carboxylic acids is 1. The Labute approximate surface area is 144 Å². The number of aliphatic carboxylic acids is 1. The average Bonchev–Trinajstić information content (AvgIpc) is 2.56. The van der Waals surface area contributed by atoms with Gasteiger partial charge in [0.1, 0.15) is 11.3 Å². The van der Waals surface area contributed by atoms with Crippen molar-refractivity contribution < 1.29 is 19.4 Å². The van der Waals surface area contributed by atoms with Crippen molar-refractivity contribution in [3.05, 3.63) is 24.3 Å². The number of benzene rings is 1. The van der Waals surface area contributed by atoms with Crippen LogP contribution in [-0.2, 0) is 9.59 Å². The Balaban J connectivity index is 1.99. The van der Waals surface area contributed by atoms with Crippen molar-refractivity contribution in [3.8, 4) is 5.75 Å². The topological polar surface area (TPSA) is 75.6 Å². The van der Waals surface area contributed by atoms with Crippen LogP contribution in [0.1, 0.15) is 19.8 Å². The Kier molecular flexibility index (Phi) is 6.24. The monoisotopic (exact) mass is 355 g/mol. The number of rotatable bonds is 6. The molecule has 2 rings (SSSR count). The Morgan fingerprint density at radius 2 is 1.91 bits per heavy atom. The maximum atomic E-state index is 12.3. The summed E-state index contributed by atoms with van der Waals surface area (Å²) in [7, 11) is 0. The van der Waals surface area contributed by atoms with Crippen molar-refractivity contribution >= 4 is 35.4 Å². The Bertz CT molecular complexity index is 556. The fourth-order valence-corrected chi connectivity index (χ4v) is 3.96. The fraction of sp³-hybridized carbons (Fsp3) is 0.500. The molecular weight excluding hydrogens is 334 g/mol. The second-order valence-corrected chi connectivity index (χ2v) is 7.53. The molecule has 2 N–H and O–H groups in total. The lowest BCUT2D eigenvalue weighted by atomic mass is 9.92. The highest BCUT2D eigenvalue weighted by Crippen LogP contribution is 2.28. The largest absolute Gasteiger partial charge is 0.481 e. The normalized spacial score (nSPS) is 18.0. The number of carbonyl (C=O) groups is 2. The lowest BCUT2D eigenvalue weighted by molar-refractivity contribution is -0.149. The van der Waals surface area contributed by atoms with Crippen LogP contribution in [0.25, 0.3) is 0 Å². The molecule has 1 heterocycles. The van der Waals surface area contributed by atoms with Crippen LogP contribution < -0.4 is 10.1 Å². The van der Waals surface area contributed by atoms with E-state index in [2.05, 4.69) is 5.32 Å². The third-order valence-corrected chi connectivity index (χ3v) is 5.59. The van der Waals surface area contributed by atoms with Gasteiger partial charge in [0.15, 0.2) is 6.10 Å². The van der Waals surface area contributed by atoms with Gasteiger partial charge >= 0.3 is 5.97 Å². The van der Waals surface area contributed by atoms with Gasteiger partial charge in [0.2, 0.25) is 0 Å². The second kappa shape index (κ2) is 7.97. The van der Waals surface area contributed by atoms with Crippen LogP contribution in [0.3, 0.4) is 0 Å². The van der Waals surface area contributed by atoms with E-state index in [0.717, 1.165) is 16.4 Å². The Morgan fingerprint density at radius 1 is 1.30 bits per heavy atom. The molecule has 1 unspecified atom stereocenters. The van der Waals surface area contributed by atoms with E-state index in [1.54, 1.807) is 42.6 Å². The van der Waals surface area contributed by atoms with Crippen molar-refractivity contribution in [2.24, 2.45) is 0 Å². The molecule has 1 amide bonds. The van der Waals surface area contributed by atoms with E-state index in [1.165, 1.54) is 0 Å². The molecule has 1 saturated heterocycles. The number of carboxylic acids is 1. The minimum absolute atomic E-state index is 0.395. The Morgan fingerprint density at radius 3 is 2.43 bits per heavy atom. The number of thioether (sulfide) groups is 2. The van der Waals surface area contributed by atoms with Crippen molar-refractivity contribution in [2.75, 3.05) is 17.8 Å². The highest BCUT2D eigenvalue weighted by molar-refractivity contribution is 7.99. The number of ether oxygens (including phenoxy) is 1. The van der Waals surface area contributed by atoms with Crippen LogP contribution in [-0.4, -0.2) is 46.4 Å². The van der Waals surface area contributed by atoms with Crippen LogP contribution in [0.15, 0.2) is 29.2 Å². The summed E-state index contributed by atoms with van der Waals surface area (Å²) in [4.78, 5) is 25.0. The standard InChI is InChI=1S/C16H21NO4S2/c1-11(21-12-3-5-13(22-2)6-4-12)14(18)17-16(15(19)20)7-9-23-10-8-16/h3-6,11H,7-10H2,1-2H3,(H,17,18)(H,19,20). The summed E-state index contributed by atoms with van der Waals surface area (Å²) in [5.41, 5.74) is -1.16. The van der Waals surface area contributed by atoms with Gasteiger partial charge in [-0.3, -0.25) is 4.79 Å². The average molecular weight is 355 g/mol. The van der Waals surface area contributed by atoms with Gasteiger partial charge in [-0.25, -0.2) is 4.79 Å². The highest BCUT2D eigenvalue weighted by atomic mass is 32.2. The molecular formula is C16H21NO4S2. The molecule has 0 aliphatic carbocycles. The molecule has 0 aromatic heterocycles. The summed E-state index contributed by atoms with van der Waals surface area (Å²) in [6.45, 7) is 1.63. The van der Waals surface area contributed by atoms with Crippen molar-refractivity contribution in [1.29, 1.82) is 0 Å². The second-order valence-electron chi connectivity index (χ2n) is 5.42. The molecule has 1 atom stereocenters. The number of amides is 1. The molecule has 1 aliphatic heterocycles. The Hall–Kier alpha value is -1.34. The summed E-state index contributed by atoms with van der Waals surface area (Å²) in [6, 6.07) is 7.45. The predicted molar refractivity (Wildman–Crippen MR) is 93.4 cm³/mol. The highest BCUT2D eigenvalue weighted by Gasteiger charge is 2.42. The molecule has 0 radical (unpaired) electrons. The SMILES string of the molecule is CSc1ccc(OC(C)C(=O)NC2(C(=O)O)CCSCC2)cc1. The first-order valence-electron chi connectivity index (χ1n) is 7.41. The number of carboxylic acid groups (broad SMARTS) is 1. The van der Waals surface area contributed by atoms with E-state index in [0.29, 0.717) is 18.6 Å². The first-order valence-corrected chi connectivity index (χ1v) is 9.79. The van der Waals surface area contributed by atoms with Gasteiger partial charge in [0.05, 0.1) is 0 Å². The summed E-state index contributed by atoms with van der Waals surface area (Å²) < 4.78 is 5.62. The van der Waals surface area contributed by atoms with Gasteiger partial charge < -0.3 is 15.2 Å². The van der Waals surface area contributed by atoms with Gasteiger partial charge in [-0.2, -0.15) is 11.8 Å². The van der Waals surface area contributed by atoms with E-state index in [1.807, 2.05) is 18.4 Å². The molecule has 1 aliphatic rings. The maximum Gasteiger partial charge on any atom is 0.329 e. The van der Waals surface area contributed by atoms with Crippen molar-refractivity contribution in [3.63, 3.8) is 0 Å². The number of hydrogen-bond acceptors (Lipinski definition) is 5. The van der Waals surface area contributed by atoms with E-state index in [9.17, 15) is 14.7 Å². The maximum absolute atomic E-state index is 12.3. The minimum atomic E-state index is -1.16. The lowest BCUT2D eigenvalue weighted by Crippen LogP contribution is -2.58. The van der Waals surface area contributed by atoms with Crippen LogP contribution in [0, 0.1) is 0 Å². The van der Waals surface area contributed by atoms with E-state index in [-0.39, 0.29) is 0 Å². The third kappa shape index (κ3) is 4.57. The first kappa shape index (κ1) is 18.0. The van der Waals surface area contributed by atoms with Crippen LogP contribution >= 0.6 is 23.5 Å². The zero-order chi connectivity index (χ0) is 16.9. The zero-order valence-corrected chi connectivity index (χ0v) is 14.8. The van der Waals surface area contributed by atoms with E-state index >= 15 is 0 Å². The minimum Gasteiger partial charge on any atom is -0.481 e. The molecule has 7 heteroatoms. The molecule has 126 valence electrons. The summed E-state index contributed by atoms with van der Waals surface area (Å²) in [5, 5.41) is 12.2. The summed E-state index contributed by atoms with van der Waals surface area (Å²) in [6.07, 6.45) is 2.11. The van der Waals surface area contributed by atoms with Gasteiger partial charge in [-0.05, 0) is 61.8 Å². The van der Waals surface area contributed by atoms with Crippen LogP contribution in [0.5, 0.6) is 5.75 Å². The zero-order valence-electron chi connectivity index (χ0n) is 13.2. The first-order chi connectivity index (χ1) is 11.0. The molecule has 23 heavy (non-hydrogen) atoms. The van der Waals surface area contributed by atoms with Gasteiger partial charge in [-0.15, -0.1) is 11.8 Å². The van der Waals surface area contributed by atoms with Crippen molar-refractivity contribution in [1.82, 2.24) is 5.32 Å². The van der Waals surface area contributed by atoms with Gasteiger partial charge in [0.25, 0.3) is 5.91 Å². The van der Waals surface area contributed by atoms with E-state index < -0.39 is 23.5 Å². The lowest BCUT2D eigenvalue weighted by Gasteiger charge is -2.34. The smallest absolute Gasteiger partial charge is 0.329 e. The molecule has 0 saturated carbocycles. The molecule has 1 fully saturated rings. The van der Waals surface area contributed by atoms with Crippen LogP contribution in [0.2, 0.25) is 0 Å². The predicted octanol–water partition coefficient (Wildman–Crippen LogP) is 2.64. The fourth-order valence-electron chi connectivity index (χ4n) is 2.36. The molecule has 0 bridgehead atoms. The van der Waals surface area contributed by atoms with Gasteiger partial charge in [-0.1, -0.05) is 0 Å². The van der Waals surface area contributed by atoms with Crippen molar-refractivity contribution in [2.45, 2.75) is 36.3 Å². The molecule has 5 nitrogen and oxygen atoms in total. The summed E-state index contributed by atoms with van der Waals surface area (Å²) >= 11 is 3.33. The number of hydrogen-bond donors (Lipinski definition) is 2. The summed E-state index contributed by atoms with van der Waals surface area (Å²) in [5.74, 6) is 0.695. The van der Waals surface area contributed by atoms with E-state index in [4.69, 9.17) is 4.74 Å². The number of nitrogens with one attached hydrogen (secondary N) is 1. The quantitative estimate of drug-likeness (QED) is 0.764. The molecule has 0 spiro atoms. The van der Waals surface area contributed by atoms with Gasteiger partial charge in [0, 0.05) is 4.90 Å². The third-order valence-electron chi connectivity index (χ3n) is 3.86. The van der Waals surface area contributed by atoms with Crippen LogP contribution in [0.4, 0.5) is 0 Å².